The summed E-state index contributed by atoms with van der Waals surface area (Å²) in [5.41, 5.74) is 0.0533. The second kappa shape index (κ2) is 11.0. The zero-order chi connectivity index (χ0) is 18.0. The molecular formula is C19H38N4O2. The Morgan fingerprint density at radius 2 is 1.92 bits per heavy atom. The molecule has 1 saturated heterocycles. The maximum atomic E-state index is 5.92. The number of morpholine rings is 1. The molecule has 0 aromatic carbocycles. The number of hydrogen-bond donors (Lipinski definition) is 2. The van der Waals surface area contributed by atoms with E-state index in [1.165, 1.54) is 25.7 Å². The van der Waals surface area contributed by atoms with Gasteiger partial charge in [0.1, 0.15) is 0 Å². The van der Waals surface area contributed by atoms with E-state index in [1.807, 2.05) is 0 Å². The third kappa shape index (κ3) is 7.50. The summed E-state index contributed by atoms with van der Waals surface area (Å²) in [7, 11) is 0. The van der Waals surface area contributed by atoms with Gasteiger partial charge in [0, 0.05) is 38.3 Å². The van der Waals surface area contributed by atoms with E-state index in [1.54, 1.807) is 0 Å². The molecule has 0 aromatic rings. The summed E-state index contributed by atoms with van der Waals surface area (Å²) in [6.45, 7) is 13.7. The van der Waals surface area contributed by atoms with Crippen LogP contribution < -0.4 is 10.6 Å². The third-order valence-corrected chi connectivity index (χ3v) is 5.10. The van der Waals surface area contributed by atoms with E-state index < -0.39 is 0 Å². The Kier molecular flexibility index (Phi) is 8.99. The Hall–Kier alpha value is -0.850. The normalized spacial score (nSPS) is 20.8. The van der Waals surface area contributed by atoms with Crippen LogP contribution in [-0.2, 0) is 9.47 Å². The van der Waals surface area contributed by atoms with Crippen molar-refractivity contribution in [3.8, 4) is 0 Å². The maximum Gasteiger partial charge on any atom is 0.191 e. The highest BCUT2D eigenvalue weighted by molar-refractivity contribution is 5.79. The molecule has 0 atom stereocenters. The summed E-state index contributed by atoms with van der Waals surface area (Å²) in [5.74, 6) is 0.907. The molecule has 0 spiro atoms. The summed E-state index contributed by atoms with van der Waals surface area (Å²) in [6, 6.07) is 0. The molecule has 0 bridgehead atoms. The highest BCUT2D eigenvalue weighted by Gasteiger charge is 2.28. The van der Waals surface area contributed by atoms with Gasteiger partial charge in [-0.2, -0.15) is 0 Å². The van der Waals surface area contributed by atoms with E-state index in [0.717, 1.165) is 64.9 Å². The van der Waals surface area contributed by atoms with Crippen molar-refractivity contribution in [1.82, 2.24) is 15.5 Å². The average molecular weight is 355 g/mol. The fourth-order valence-electron chi connectivity index (χ4n) is 3.47. The van der Waals surface area contributed by atoms with Gasteiger partial charge in [-0.25, -0.2) is 0 Å². The van der Waals surface area contributed by atoms with E-state index in [-0.39, 0.29) is 5.54 Å². The van der Waals surface area contributed by atoms with Crippen LogP contribution in [-0.4, -0.2) is 75.0 Å². The van der Waals surface area contributed by atoms with Crippen molar-refractivity contribution in [2.45, 2.75) is 64.5 Å². The van der Waals surface area contributed by atoms with Crippen LogP contribution in [0.1, 0.15) is 52.9 Å². The van der Waals surface area contributed by atoms with Crippen LogP contribution >= 0.6 is 0 Å². The minimum atomic E-state index is 0.0533. The number of guanidine groups is 1. The van der Waals surface area contributed by atoms with Gasteiger partial charge in [0.05, 0.1) is 25.9 Å². The van der Waals surface area contributed by atoms with Crippen LogP contribution in [0.5, 0.6) is 0 Å². The van der Waals surface area contributed by atoms with Gasteiger partial charge in [-0.15, -0.1) is 0 Å². The first-order valence-electron chi connectivity index (χ1n) is 10.1. The van der Waals surface area contributed by atoms with Gasteiger partial charge in [-0.1, -0.05) is 12.8 Å². The van der Waals surface area contributed by atoms with Crippen LogP contribution in [0, 0.1) is 0 Å². The van der Waals surface area contributed by atoms with E-state index in [0.29, 0.717) is 6.10 Å². The summed E-state index contributed by atoms with van der Waals surface area (Å²) in [4.78, 5) is 7.28. The van der Waals surface area contributed by atoms with Crippen LogP contribution in [0.15, 0.2) is 4.99 Å². The predicted octanol–water partition coefficient (Wildman–Crippen LogP) is 2.00. The first-order valence-corrected chi connectivity index (χ1v) is 10.1. The van der Waals surface area contributed by atoms with E-state index in [4.69, 9.17) is 14.5 Å². The van der Waals surface area contributed by atoms with E-state index in [9.17, 15) is 0 Å². The Morgan fingerprint density at radius 3 is 2.60 bits per heavy atom. The minimum absolute atomic E-state index is 0.0533. The highest BCUT2D eigenvalue weighted by atomic mass is 16.5. The van der Waals surface area contributed by atoms with Crippen LogP contribution in [0.2, 0.25) is 0 Å². The number of nitrogens with one attached hydrogen (secondary N) is 2. The smallest absolute Gasteiger partial charge is 0.191 e. The number of hydrogen-bond acceptors (Lipinski definition) is 4. The maximum absolute atomic E-state index is 5.92. The van der Waals surface area contributed by atoms with Gasteiger partial charge in [0.15, 0.2) is 5.96 Å². The molecule has 1 aliphatic carbocycles. The molecule has 6 nitrogen and oxygen atoms in total. The largest absolute Gasteiger partial charge is 0.379 e. The van der Waals surface area contributed by atoms with Crippen molar-refractivity contribution in [1.29, 1.82) is 0 Å². The molecule has 0 radical (unpaired) electrons. The topological polar surface area (TPSA) is 58.1 Å². The molecule has 2 rings (SSSR count). The van der Waals surface area contributed by atoms with Crippen molar-refractivity contribution in [2.24, 2.45) is 4.99 Å². The molecule has 1 saturated carbocycles. The minimum Gasteiger partial charge on any atom is -0.379 e. The molecule has 146 valence electrons. The number of nitrogens with zero attached hydrogens (tertiary/aromatic N) is 2. The molecule has 2 aliphatic rings. The lowest BCUT2D eigenvalue weighted by Crippen LogP contribution is -2.52. The van der Waals surface area contributed by atoms with Gasteiger partial charge in [0.25, 0.3) is 0 Å². The Labute approximate surface area is 153 Å². The summed E-state index contributed by atoms with van der Waals surface area (Å²) < 4.78 is 11.4. The zero-order valence-electron chi connectivity index (χ0n) is 16.5. The first-order chi connectivity index (χ1) is 12.1. The number of ether oxygens (including phenoxy) is 2. The number of aliphatic imine (C=N–C) groups is 1. The van der Waals surface area contributed by atoms with Crippen LogP contribution in [0.25, 0.3) is 0 Å². The number of rotatable bonds is 9. The molecule has 1 heterocycles. The lowest BCUT2D eigenvalue weighted by molar-refractivity contribution is -0.00683. The second-order valence-electron chi connectivity index (χ2n) is 7.66. The standard InChI is InChI=1S/C19H38N4O2/c1-4-20-18(21-10-7-13-25-17-8-5-6-9-17)22-16-19(2,3)23-11-14-24-15-12-23/h17H,4-16H2,1-3H3,(H2,20,21,22). The monoisotopic (exact) mass is 354 g/mol. The van der Waals surface area contributed by atoms with Gasteiger partial charge >= 0.3 is 0 Å². The SMILES string of the molecule is CCNC(=NCC(C)(C)N1CCOCC1)NCCCOC1CCCC1. The molecule has 25 heavy (non-hydrogen) atoms. The van der Waals surface area contributed by atoms with Crippen molar-refractivity contribution >= 4 is 5.96 Å². The van der Waals surface area contributed by atoms with Gasteiger partial charge < -0.3 is 20.1 Å². The van der Waals surface area contributed by atoms with Crippen molar-refractivity contribution in [3.63, 3.8) is 0 Å². The van der Waals surface area contributed by atoms with Crippen LogP contribution in [0.4, 0.5) is 0 Å². The summed E-state index contributed by atoms with van der Waals surface area (Å²) in [6.07, 6.45) is 6.69. The van der Waals surface area contributed by atoms with Gasteiger partial charge in [-0.3, -0.25) is 9.89 Å². The zero-order valence-corrected chi connectivity index (χ0v) is 16.5. The Bertz CT molecular complexity index is 389. The fourth-order valence-corrected chi connectivity index (χ4v) is 3.47. The molecule has 2 fully saturated rings. The first kappa shape index (κ1) is 20.5. The van der Waals surface area contributed by atoms with Crippen molar-refractivity contribution < 1.29 is 9.47 Å². The van der Waals surface area contributed by atoms with E-state index in [2.05, 4.69) is 36.3 Å². The van der Waals surface area contributed by atoms with Crippen LogP contribution in [0.3, 0.4) is 0 Å². The fraction of sp³-hybridized carbons (Fsp3) is 0.947. The van der Waals surface area contributed by atoms with E-state index >= 15 is 0 Å². The molecule has 0 amide bonds. The quantitative estimate of drug-likeness (QED) is 0.377. The average Bonchev–Trinajstić information content (AvgIpc) is 3.13. The lowest BCUT2D eigenvalue weighted by atomic mass is 10.0. The molecule has 1 aliphatic heterocycles. The molecule has 2 N–H and O–H groups in total. The third-order valence-electron chi connectivity index (χ3n) is 5.10. The predicted molar refractivity (Wildman–Crippen MR) is 103 cm³/mol. The molecule has 0 unspecified atom stereocenters. The summed E-state index contributed by atoms with van der Waals surface area (Å²) in [5, 5.41) is 6.78. The van der Waals surface area contributed by atoms with Crippen molar-refractivity contribution in [3.05, 3.63) is 0 Å². The highest BCUT2D eigenvalue weighted by Crippen LogP contribution is 2.20. The molecule has 6 heteroatoms. The summed E-state index contributed by atoms with van der Waals surface area (Å²) >= 11 is 0. The van der Waals surface area contributed by atoms with Gasteiger partial charge in [0.2, 0.25) is 0 Å². The Morgan fingerprint density at radius 1 is 1.20 bits per heavy atom. The molecular weight excluding hydrogens is 316 g/mol. The van der Waals surface area contributed by atoms with Gasteiger partial charge in [-0.05, 0) is 40.0 Å². The second-order valence-corrected chi connectivity index (χ2v) is 7.66. The Balaban J connectivity index is 1.69. The molecule has 0 aromatic heterocycles. The lowest BCUT2D eigenvalue weighted by Gasteiger charge is -2.39. The van der Waals surface area contributed by atoms with Crippen molar-refractivity contribution in [2.75, 3.05) is 52.5 Å².